The number of carbonyl (C=O) groups excluding carboxylic acids is 1. The lowest BCUT2D eigenvalue weighted by molar-refractivity contribution is 0.103. The van der Waals surface area contributed by atoms with Crippen LogP contribution in [0.15, 0.2) is 37.9 Å². The van der Waals surface area contributed by atoms with E-state index in [0.29, 0.717) is 11.1 Å². The van der Waals surface area contributed by atoms with Crippen LogP contribution in [0.5, 0.6) is 0 Å². The molecule has 0 spiro atoms. The van der Waals surface area contributed by atoms with E-state index in [1.54, 1.807) is 12.1 Å². The molecule has 1 aromatic heterocycles. The molecule has 0 unspecified atom stereocenters. The van der Waals surface area contributed by atoms with Crippen molar-refractivity contribution in [3.63, 3.8) is 0 Å². The van der Waals surface area contributed by atoms with Gasteiger partial charge in [0.05, 0.1) is 7.57 Å². The Balaban J connectivity index is 2.43. The molecule has 0 amide bonds. The Hall–Kier alpha value is -0.520. The molecular weight excluding hydrogens is 359 g/mol. The van der Waals surface area contributed by atoms with Crippen molar-refractivity contribution in [2.24, 2.45) is 0 Å². The van der Waals surface area contributed by atoms with Gasteiger partial charge in [0.1, 0.15) is 5.82 Å². The molecule has 82 valence electrons. The molecule has 0 saturated carbocycles. The van der Waals surface area contributed by atoms with E-state index in [4.69, 9.17) is 0 Å². The lowest BCUT2D eigenvalue weighted by Crippen LogP contribution is -2.00. The van der Waals surface area contributed by atoms with Crippen molar-refractivity contribution in [2.45, 2.75) is 0 Å². The van der Waals surface area contributed by atoms with Gasteiger partial charge in [-0.3, -0.25) is 4.79 Å². The molecule has 5 heteroatoms. The topological polar surface area (TPSA) is 17.1 Å². The van der Waals surface area contributed by atoms with Crippen molar-refractivity contribution in [3.05, 3.63) is 54.8 Å². The summed E-state index contributed by atoms with van der Waals surface area (Å²) >= 11 is 8.02. The van der Waals surface area contributed by atoms with Gasteiger partial charge in [-0.2, -0.15) is 0 Å². The van der Waals surface area contributed by atoms with Crippen molar-refractivity contribution < 1.29 is 9.18 Å². The zero-order valence-electron chi connectivity index (χ0n) is 7.84. The summed E-state index contributed by atoms with van der Waals surface area (Å²) in [7, 11) is 0. The Kier molecular flexibility index (Phi) is 3.56. The molecule has 2 aromatic rings. The largest absolute Gasteiger partial charge is 0.289 e. The summed E-state index contributed by atoms with van der Waals surface area (Å²) < 4.78 is 14.6. The molecule has 1 aromatic carbocycles. The van der Waals surface area contributed by atoms with Gasteiger partial charge in [-0.25, -0.2) is 4.39 Å². The maximum Gasteiger partial charge on any atom is 0.195 e. The minimum Gasteiger partial charge on any atom is -0.289 e. The van der Waals surface area contributed by atoms with Crippen LogP contribution >= 0.6 is 43.2 Å². The molecule has 0 N–H and O–H groups in total. The van der Waals surface area contributed by atoms with Crippen molar-refractivity contribution in [2.75, 3.05) is 0 Å². The molecule has 0 aliphatic carbocycles. The number of benzene rings is 1. The second kappa shape index (κ2) is 4.77. The van der Waals surface area contributed by atoms with Gasteiger partial charge in [0.25, 0.3) is 0 Å². The molecule has 0 radical (unpaired) electrons. The molecule has 0 atom stereocenters. The fourth-order valence-corrected chi connectivity index (χ4v) is 4.07. The third-order valence-corrected chi connectivity index (χ3v) is 4.33. The highest BCUT2D eigenvalue weighted by atomic mass is 79.9. The summed E-state index contributed by atoms with van der Waals surface area (Å²) in [5, 5.41) is 0. The van der Waals surface area contributed by atoms with Crippen LogP contribution in [0.2, 0.25) is 0 Å². The quantitative estimate of drug-likeness (QED) is 0.710. The number of hydrogen-bond acceptors (Lipinski definition) is 2. The number of rotatable bonds is 2. The third-order valence-electron chi connectivity index (χ3n) is 1.99. The molecule has 16 heavy (non-hydrogen) atoms. The second-order valence-corrected chi connectivity index (χ2v) is 6.83. The molecule has 0 bridgehead atoms. The zero-order chi connectivity index (χ0) is 11.7. The predicted octanol–water partition coefficient (Wildman–Crippen LogP) is 4.64. The number of carbonyl (C=O) groups is 1. The predicted molar refractivity (Wildman–Crippen MR) is 69.6 cm³/mol. The summed E-state index contributed by atoms with van der Waals surface area (Å²) in [4.78, 5) is 12.0. The van der Waals surface area contributed by atoms with E-state index >= 15 is 0 Å². The van der Waals surface area contributed by atoms with Gasteiger partial charge in [-0.15, -0.1) is 11.3 Å². The van der Waals surface area contributed by atoms with Crippen molar-refractivity contribution in [3.8, 4) is 0 Å². The van der Waals surface area contributed by atoms with E-state index in [9.17, 15) is 9.18 Å². The van der Waals surface area contributed by atoms with Gasteiger partial charge in [-0.05, 0) is 50.1 Å². The van der Waals surface area contributed by atoms with Crippen LogP contribution in [0, 0.1) is 5.82 Å². The SMILES string of the molecule is O=C(c1cccc(F)c1)c1cc(Br)sc1Br. The Morgan fingerprint density at radius 2 is 2.00 bits per heavy atom. The van der Waals surface area contributed by atoms with Crippen LogP contribution in [0.4, 0.5) is 4.39 Å². The number of halogens is 3. The van der Waals surface area contributed by atoms with Crippen molar-refractivity contribution in [1.29, 1.82) is 0 Å². The lowest BCUT2D eigenvalue weighted by atomic mass is 10.1. The Morgan fingerprint density at radius 3 is 2.56 bits per heavy atom. The van der Waals surface area contributed by atoms with Gasteiger partial charge in [0.15, 0.2) is 5.78 Å². The summed E-state index contributed by atoms with van der Waals surface area (Å²) in [5.41, 5.74) is 0.897. The fraction of sp³-hybridized carbons (Fsp3) is 0. The van der Waals surface area contributed by atoms with Gasteiger partial charge in [0, 0.05) is 11.1 Å². The monoisotopic (exact) mass is 362 g/mol. The highest BCUT2D eigenvalue weighted by Crippen LogP contribution is 2.33. The lowest BCUT2D eigenvalue weighted by Gasteiger charge is -1.99. The molecular formula is C11H5Br2FOS. The van der Waals surface area contributed by atoms with Crippen molar-refractivity contribution >= 4 is 49.0 Å². The summed E-state index contributed by atoms with van der Waals surface area (Å²) in [6.07, 6.45) is 0. The molecule has 1 nitrogen and oxygen atoms in total. The number of thiophene rings is 1. The molecule has 0 fully saturated rings. The van der Waals surface area contributed by atoms with Crippen LogP contribution < -0.4 is 0 Å². The van der Waals surface area contributed by atoms with E-state index in [0.717, 1.165) is 7.57 Å². The summed E-state index contributed by atoms with van der Waals surface area (Å²) in [6, 6.07) is 7.40. The van der Waals surface area contributed by atoms with E-state index in [1.165, 1.54) is 29.5 Å². The molecule has 0 saturated heterocycles. The first-order valence-electron chi connectivity index (χ1n) is 4.33. The summed E-state index contributed by atoms with van der Waals surface area (Å²) in [6.45, 7) is 0. The maximum absolute atomic E-state index is 13.0. The van der Waals surface area contributed by atoms with Crippen LogP contribution in [0.25, 0.3) is 0 Å². The van der Waals surface area contributed by atoms with Crippen molar-refractivity contribution in [1.82, 2.24) is 0 Å². The molecule has 1 heterocycles. The van der Waals surface area contributed by atoms with E-state index in [-0.39, 0.29) is 5.78 Å². The van der Waals surface area contributed by atoms with Gasteiger partial charge < -0.3 is 0 Å². The fourth-order valence-electron chi connectivity index (χ4n) is 1.28. The van der Waals surface area contributed by atoms with Gasteiger partial charge >= 0.3 is 0 Å². The first-order valence-corrected chi connectivity index (χ1v) is 6.73. The van der Waals surface area contributed by atoms with Crippen LogP contribution in [0.3, 0.4) is 0 Å². The van der Waals surface area contributed by atoms with Gasteiger partial charge in [-0.1, -0.05) is 12.1 Å². The Morgan fingerprint density at radius 1 is 1.25 bits per heavy atom. The first kappa shape index (κ1) is 12.0. The molecule has 2 rings (SSSR count). The van der Waals surface area contributed by atoms with Gasteiger partial charge in [0.2, 0.25) is 0 Å². The normalized spacial score (nSPS) is 10.4. The maximum atomic E-state index is 13.0. The zero-order valence-corrected chi connectivity index (χ0v) is 11.8. The minimum absolute atomic E-state index is 0.187. The van der Waals surface area contributed by atoms with Crippen LogP contribution in [-0.4, -0.2) is 5.78 Å². The van der Waals surface area contributed by atoms with Crippen LogP contribution in [0.1, 0.15) is 15.9 Å². The minimum atomic E-state index is -0.406. The standard InChI is InChI=1S/C11H5Br2FOS/c12-9-5-8(11(13)16-9)10(15)6-2-1-3-7(14)4-6/h1-5H. The van der Waals surface area contributed by atoms with E-state index in [1.807, 2.05) is 0 Å². The molecule has 0 aliphatic heterocycles. The Bertz CT molecular complexity index is 551. The third kappa shape index (κ3) is 2.42. The smallest absolute Gasteiger partial charge is 0.195 e. The van der Waals surface area contributed by atoms with E-state index in [2.05, 4.69) is 31.9 Å². The van der Waals surface area contributed by atoms with E-state index < -0.39 is 5.82 Å². The highest BCUT2D eigenvalue weighted by molar-refractivity contribution is 9.12. The number of ketones is 1. The van der Waals surface area contributed by atoms with Crippen LogP contribution in [-0.2, 0) is 0 Å². The first-order chi connectivity index (χ1) is 7.58. The average Bonchev–Trinajstić information content (AvgIpc) is 2.57. The highest BCUT2D eigenvalue weighted by Gasteiger charge is 2.15. The average molecular weight is 364 g/mol. The Labute approximate surface area is 113 Å². The summed E-state index contributed by atoms with van der Waals surface area (Å²) in [5.74, 6) is -0.593. The second-order valence-electron chi connectivity index (χ2n) is 3.08. The molecule has 0 aliphatic rings. The number of hydrogen-bond donors (Lipinski definition) is 0.